The van der Waals surface area contributed by atoms with E-state index in [-0.39, 0.29) is 27.9 Å². The minimum atomic E-state index is -0.923. The maximum atomic E-state index is 10.4. The number of rotatable bonds is 4. The standard InChI is InChI=1S/2C8H8O3.Co/c2*1-11-7-4-2-6(3-5-7)8(9)10;/h2*2-5H,1H3,(H,9,10);. The first-order chi connectivity index (χ1) is 10.5. The van der Waals surface area contributed by atoms with Gasteiger partial charge in [0, 0.05) is 16.8 Å². The Labute approximate surface area is 143 Å². The first kappa shape index (κ1) is 20.5. The van der Waals surface area contributed by atoms with Gasteiger partial charge in [-0.25, -0.2) is 9.59 Å². The van der Waals surface area contributed by atoms with Gasteiger partial charge in [0.15, 0.2) is 0 Å². The number of hydrogen-bond acceptors (Lipinski definition) is 4. The van der Waals surface area contributed by atoms with Crippen molar-refractivity contribution in [3.63, 3.8) is 0 Å². The van der Waals surface area contributed by atoms with Crippen LogP contribution in [0.4, 0.5) is 0 Å². The van der Waals surface area contributed by atoms with E-state index >= 15 is 0 Å². The van der Waals surface area contributed by atoms with E-state index in [9.17, 15) is 9.59 Å². The number of carboxylic acid groups (broad SMARTS) is 2. The monoisotopic (exact) mass is 363 g/mol. The Morgan fingerprint density at radius 1 is 0.696 bits per heavy atom. The van der Waals surface area contributed by atoms with Crippen molar-refractivity contribution in [2.45, 2.75) is 0 Å². The molecule has 23 heavy (non-hydrogen) atoms. The number of carboxylic acids is 2. The van der Waals surface area contributed by atoms with E-state index in [1.54, 1.807) is 24.3 Å². The second kappa shape index (κ2) is 10.3. The van der Waals surface area contributed by atoms with E-state index in [0.717, 1.165) is 0 Å². The van der Waals surface area contributed by atoms with Crippen molar-refractivity contribution in [3.05, 3.63) is 59.7 Å². The van der Waals surface area contributed by atoms with Crippen molar-refractivity contribution >= 4 is 11.9 Å². The zero-order valence-electron chi connectivity index (χ0n) is 12.5. The summed E-state index contributed by atoms with van der Waals surface area (Å²) in [6.07, 6.45) is 0. The van der Waals surface area contributed by atoms with E-state index in [0.29, 0.717) is 11.5 Å². The maximum absolute atomic E-state index is 10.4. The summed E-state index contributed by atoms with van der Waals surface area (Å²) >= 11 is 0. The van der Waals surface area contributed by atoms with E-state index < -0.39 is 11.9 Å². The number of hydrogen-bond donors (Lipinski definition) is 2. The van der Waals surface area contributed by atoms with Gasteiger partial charge in [0.25, 0.3) is 0 Å². The Balaban J connectivity index is 0.000000403. The molecule has 7 heteroatoms. The first-order valence-electron chi connectivity index (χ1n) is 6.22. The van der Waals surface area contributed by atoms with Crippen LogP contribution in [0.1, 0.15) is 20.7 Å². The number of aromatic carboxylic acids is 2. The molecule has 0 saturated carbocycles. The molecule has 2 aromatic carbocycles. The smallest absolute Gasteiger partial charge is 0.335 e. The van der Waals surface area contributed by atoms with E-state index in [1.807, 2.05) is 0 Å². The molecule has 0 aliphatic rings. The predicted octanol–water partition coefficient (Wildman–Crippen LogP) is 2.78. The van der Waals surface area contributed by atoms with Crippen molar-refractivity contribution in [1.82, 2.24) is 0 Å². The molecular formula is C16H16CoO6. The summed E-state index contributed by atoms with van der Waals surface area (Å²) < 4.78 is 9.71. The van der Waals surface area contributed by atoms with Crippen LogP contribution in [0.2, 0.25) is 0 Å². The fraction of sp³-hybridized carbons (Fsp3) is 0.125. The molecule has 0 atom stereocenters. The van der Waals surface area contributed by atoms with E-state index in [4.69, 9.17) is 19.7 Å². The minimum absolute atomic E-state index is 0. The molecule has 0 saturated heterocycles. The Kier molecular flexibility index (Phi) is 9.13. The molecule has 0 fully saturated rings. The molecule has 0 amide bonds. The molecular weight excluding hydrogens is 347 g/mol. The third-order valence-corrected chi connectivity index (χ3v) is 2.67. The van der Waals surface area contributed by atoms with Gasteiger partial charge >= 0.3 is 11.9 Å². The second-order valence-corrected chi connectivity index (χ2v) is 4.07. The van der Waals surface area contributed by atoms with Crippen molar-refractivity contribution in [1.29, 1.82) is 0 Å². The Morgan fingerprint density at radius 3 is 1.13 bits per heavy atom. The molecule has 6 nitrogen and oxygen atoms in total. The van der Waals surface area contributed by atoms with Crippen molar-refractivity contribution < 1.29 is 46.1 Å². The Morgan fingerprint density at radius 2 is 0.957 bits per heavy atom. The molecule has 0 aliphatic heterocycles. The van der Waals surface area contributed by atoms with Crippen molar-refractivity contribution in [2.24, 2.45) is 0 Å². The number of ether oxygens (including phenoxy) is 2. The summed E-state index contributed by atoms with van der Waals surface area (Å²) in [5.74, 6) is -0.523. The molecule has 0 spiro atoms. The van der Waals surface area contributed by atoms with Crippen LogP contribution < -0.4 is 9.47 Å². The number of methoxy groups -OCH3 is 2. The Hall–Kier alpha value is -2.51. The van der Waals surface area contributed by atoms with Gasteiger partial charge in [-0.1, -0.05) is 0 Å². The quantitative estimate of drug-likeness (QED) is 0.868. The topological polar surface area (TPSA) is 93.1 Å². The fourth-order valence-corrected chi connectivity index (χ4v) is 1.47. The van der Waals surface area contributed by atoms with Gasteiger partial charge in [-0.15, -0.1) is 0 Å². The largest absolute Gasteiger partial charge is 0.497 e. The van der Waals surface area contributed by atoms with E-state index in [2.05, 4.69) is 0 Å². The maximum Gasteiger partial charge on any atom is 0.335 e. The van der Waals surface area contributed by atoms with E-state index in [1.165, 1.54) is 38.5 Å². The normalized spacial score (nSPS) is 8.78. The molecule has 1 radical (unpaired) electrons. The van der Waals surface area contributed by atoms with Gasteiger partial charge in [-0.3, -0.25) is 0 Å². The van der Waals surface area contributed by atoms with Crippen LogP contribution >= 0.6 is 0 Å². The van der Waals surface area contributed by atoms with Gasteiger partial charge in [-0.2, -0.15) is 0 Å². The summed E-state index contributed by atoms with van der Waals surface area (Å²) in [4.78, 5) is 20.7. The van der Waals surface area contributed by atoms with Gasteiger partial charge < -0.3 is 19.7 Å². The summed E-state index contributed by atoms with van der Waals surface area (Å²) in [6, 6.07) is 12.5. The molecule has 0 bridgehead atoms. The summed E-state index contributed by atoms with van der Waals surface area (Å²) in [6.45, 7) is 0. The summed E-state index contributed by atoms with van der Waals surface area (Å²) in [5, 5.41) is 17.0. The molecule has 2 rings (SSSR count). The van der Waals surface area contributed by atoms with Gasteiger partial charge in [0.05, 0.1) is 25.3 Å². The third-order valence-electron chi connectivity index (χ3n) is 2.67. The first-order valence-corrected chi connectivity index (χ1v) is 6.22. The average Bonchev–Trinajstić information content (AvgIpc) is 2.55. The summed E-state index contributed by atoms with van der Waals surface area (Å²) in [5.41, 5.74) is 0.539. The molecule has 0 unspecified atom stereocenters. The zero-order valence-corrected chi connectivity index (χ0v) is 13.5. The van der Waals surface area contributed by atoms with Crippen LogP contribution in [0, 0.1) is 0 Å². The fourth-order valence-electron chi connectivity index (χ4n) is 1.47. The van der Waals surface area contributed by atoms with Gasteiger partial charge in [0.1, 0.15) is 11.5 Å². The Bertz CT molecular complexity index is 565. The van der Waals surface area contributed by atoms with Crippen molar-refractivity contribution in [2.75, 3.05) is 14.2 Å². The predicted molar refractivity (Wildman–Crippen MR) is 79.9 cm³/mol. The number of carbonyl (C=O) groups is 2. The van der Waals surface area contributed by atoms with Crippen LogP contribution in [0.25, 0.3) is 0 Å². The van der Waals surface area contributed by atoms with Gasteiger partial charge in [-0.05, 0) is 48.5 Å². The average molecular weight is 363 g/mol. The third kappa shape index (κ3) is 6.85. The zero-order chi connectivity index (χ0) is 16.5. The van der Waals surface area contributed by atoms with Crippen LogP contribution in [-0.4, -0.2) is 36.4 Å². The molecule has 0 aliphatic carbocycles. The number of benzene rings is 2. The van der Waals surface area contributed by atoms with Gasteiger partial charge in [0.2, 0.25) is 0 Å². The van der Waals surface area contributed by atoms with Crippen LogP contribution in [0.3, 0.4) is 0 Å². The minimum Gasteiger partial charge on any atom is -0.497 e. The van der Waals surface area contributed by atoms with Crippen LogP contribution in [0.15, 0.2) is 48.5 Å². The van der Waals surface area contributed by atoms with Crippen molar-refractivity contribution in [3.8, 4) is 11.5 Å². The van der Waals surface area contributed by atoms with Crippen LogP contribution in [0.5, 0.6) is 11.5 Å². The molecule has 0 aromatic heterocycles. The molecule has 2 aromatic rings. The SMILES string of the molecule is COc1ccc(C(=O)O)cc1.COc1ccc(C(=O)O)cc1.[Co]. The van der Waals surface area contributed by atoms with Crippen LogP contribution in [-0.2, 0) is 16.8 Å². The second-order valence-electron chi connectivity index (χ2n) is 4.07. The summed E-state index contributed by atoms with van der Waals surface area (Å²) in [7, 11) is 3.07. The molecule has 0 heterocycles. The molecule has 125 valence electrons. The molecule has 2 N–H and O–H groups in total.